The predicted molar refractivity (Wildman–Crippen MR) is 80.8 cm³/mol. The summed E-state index contributed by atoms with van der Waals surface area (Å²) in [5.41, 5.74) is 2.13. The monoisotopic (exact) mass is 303 g/mol. The van der Waals surface area contributed by atoms with Crippen LogP contribution in [0.15, 0.2) is 47.4 Å². The summed E-state index contributed by atoms with van der Waals surface area (Å²) in [4.78, 5) is 21.9. The highest BCUT2D eigenvalue weighted by Gasteiger charge is 2.17. The Labute approximate surface area is 125 Å². The van der Waals surface area contributed by atoms with Crippen LogP contribution in [0, 0.1) is 17.0 Å². The minimum atomic E-state index is -1.10. The number of rotatable bonds is 5. The van der Waals surface area contributed by atoms with Gasteiger partial charge in [-0.1, -0.05) is 29.8 Å². The molecule has 21 heavy (non-hydrogen) atoms. The van der Waals surface area contributed by atoms with Gasteiger partial charge in [-0.05, 0) is 24.6 Å². The molecule has 0 amide bonds. The fourth-order valence-electron chi connectivity index (χ4n) is 1.88. The first kappa shape index (κ1) is 15.1. The largest absolute Gasteiger partial charge is 0.478 e. The average molecular weight is 303 g/mol. The third-order valence-electron chi connectivity index (χ3n) is 2.88. The standard InChI is InChI=1S/C15H13NO4S/c1-10-3-2-4-11(7-10)9-21-14-8-12(15(17)18)5-6-13(14)16(19)20/h2-8H,9H2,1H3,(H,17,18). The van der Waals surface area contributed by atoms with Crippen LogP contribution in [0.2, 0.25) is 0 Å². The van der Waals surface area contributed by atoms with E-state index in [1.54, 1.807) is 0 Å². The first-order chi connectivity index (χ1) is 9.97. The lowest BCUT2D eigenvalue weighted by atomic mass is 10.2. The number of carboxylic acids is 1. The van der Waals surface area contributed by atoms with E-state index in [0.717, 1.165) is 11.1 Å². The van der Waals surface area contributed by atoms with Crippen LogP contribution in [0.1, 0.15) is 21.5 Å². The highest BCUT2D eigenvalue weighted by atomic mass is 32.2. The lowest BCUT2D eigenvalue weighted by Gasteiger charge is -2.05. The molecular weight excluding hydrogens is 290 g/mol. The summed E-state index contributed by atoms with van der Waals surface area (Å²) in [5.74, 6) is -0.548. The quantitative estimate of drug-likeness (QED) is 0.515. The summed E-state index contributed by atoms with van der Waals surface area (Å²) in [6.07, 6.45) is 0. The van der Waals surface area contributed by atoms with Crippen LogP contribution >= 0.6 is 11.8 Å². The molecule has 5 nitrogen and oxygen atoms in total. The van der Waals surface area contributed by atoms with Crippen LogP contribution < -0.4 is 0 Å². The van der Waals surface area contributed by atoms with Gasteiger partial charge >= 0.3 is 5.97 Å². The van der Waals surface area contributed by atoms with E-state index in [4.69, 9.17) is 5.11 Å². The van der Waals surface area contributed by atoms with Gasteiger partial charge in [-0.15, -0.1) is 11.8 Å². The Hall–Kier alpha value is -2.34. The highest BCUT2D eigenvalue weighted by Crippen LogP contribution is 2.32. The van der Waals surface area contributed by atoms with Crippen LogP contribution in [-0.2, 0) is 5.75 Å². The third kappa shape index (κ3) is 3.82. The van der Waals surface area contributed by atoms with Crippen LogP contribution in [0.4, 0.5) is 5.69 Å². The highest BCUT2D eigenvalue weighted by molar-refractivity contribution is 7.98. The number of nitro groups is 1. The number of thioether (sulfide) groups is 1. The topological polar surface area (TPSA) is 80.4 Å². The van der Waals surface area contributed by atoms with Crippen LogP contribution in [0.5, 0.6) is 0 Å². The summed E-state index contributed by atoms with van der Waals surface area (Å²) >= 11 is 1.26. The average Bonchev–Trinajstić information content (AvgIpc) is 2.44. The van der Waals surface area contributed by atoms with Gasteiger partial charge < -0.3 is 5.11 Å². The molecule has 0 aliphatic rings. The number of hydrogen-bond donors (Lipinski definition) is 1. The molecule has 0 saturated carbocycles. The van der Waals surface area contributed by atoms with Crippen molar-refractivity contribution < 1.29 is 14.8 Å². The van der Waals surface area contributed by atoms with Crippen molar-refractivity contribution in [1.29, 1.82) is 0 Å². The number of carboxylic acid groups (broad SMARTS) is 1. The molecule has 0 radical (unpaired) electrons. The second-order valence-electron chi connectivity index (χ2n) is 4.52. The zero-order valence-corrected chi connectivity index (χ0v) is 12.1. The molecular formula is C15H13NO4S. The van der Waals surface area contributed by atoms with Crippen molar-refractivity contribution in [3.8, 4) is 0 Å². The SMILES string of the molecule is Cc1cccc(CSc2cc(C(=O)O)ccc2[N+](=O)[O-])c1. The number of nitrogens with zero attached hydrogens (tertiary/aromatic N) is 1. The second kappa shape index (κ2) is 6.41. The number of nitro benzene ring substituents is 1. The molecule has 6 heteroatoms. The summed E-state index contributed by atoms with van der Waals surface area (Å²) in [5, 5.41) is 20.0. The molecule has 0 saturated heterocycles. The van der Waals surface area contributed by atoms with Crippen molar-refractivity contribution in [3.05, 3.63) is 69.3 Å². The molecule has 0 atom stereocenters. The van der Waals surface area contributed by atoms with E-state index in [9.17, 15) is 14.9 Å². The number of aromatic carboxylic acids is 1. The zero-order valence-electron chi connectivity index (χ0n) is 11.3. The molecule has 108 valence electrons. The Morgan fingerprint density at radius 1 is 1.29 bits per heavy atom. The molecule has 2 rings (SSSR count). The van der Waals surface area contributed by atoms with Crippen molar-refractivity contribution >= 4 is 23.4 Å². The van der Waals surface area contributed by atoms with Crippen LogP contribution in [0.3, 0.4) is 0 Å². The van der Waals surface area contributed by atoms with Crippen LogP contribution in [-0.4, -0.2) is 16.0 Å². The Balaban J connectivity index is 2.26. The molecule has 0 fully saturated rings. The fourth-order valence-corrected chi connectivity index (χ4v) is 2.88. The number of hydrogen-bond acceptors (Lipinski definition) is 4. The number of aryl methyl sites for hydroxylation is 1. The Morgan fingerprint density at radius 3 is 2.67 bits per heavy atom. The predicted octanol–water partition coefficient (Wildman–Crippen LogP) is 3.89. The molecule has 0 aromatic heterocycles. The van der Waals surface area contributed by atoms with Crippen molar-refractivity contribution in [2.24, 2.45) is 0 Å². The smallest absolute Gasteiger partial charge is 0.335 e. The lowest BCUT2D eigenvalue weighted by molar-refractivity contribution is -0.387. The molecule has 0 heterocycles. The molecule has 0 aliphatic carbocycles. The number of carbonyl (C=O) groups is 1. The Morgan fingerprint density at radius 2 is 2.05 bits per heavy atom. The lowest BCUT2D eigenvalue weighted by Crippen LogP contribution is -1.99. The maximum atomic E-state index is 11.0. The van der Waals surface area contributed by atoms with E-state index in [0.29, 0.717) is 10.6 Å². The minimum absolute atomic E-state index is 0.0485. The van der Waals surface area contributed by atoms with E-state index >= 15 is 0 Å². The number of benzene rings is 2. The molecule has 0 aliphatic heterocycles. The van der Waals surface area contributed by atoms with E-state index in [2.05, 4.69) is 0 Å². The molecule has 0 spiro atoms. The Bertz CT molecular complexity index is 700. The maximum absolute atomic E-state index is 11.0. The summed E-state index contributed by atoms with van der Waals surface area (Å²) in [7, 11) is 0. The van der Waals surface area contributed by atoms with Gasteiger partial charge in [0.1, 0.15) is 0 Å². The van der Waals surface area contributed by atoms with Gasteiger partial charge in [-0.3, -0.25) is 10.1 Å². The molecule has 0 unspecified atom stereocenters. The van der Waals surface area contributed by atoms with E-state index in [1.807, 2.05) is 31.2 Å². The first-order valence-corrected chi connectivity index (χ1v) is 7.16. The zero-order chi connectivity index (χ0) is 15.4. The fraction of sp³-hybridized carbons (Fsp3) is 0.133. The first-order valence-electron chi connectivity index (χ1n) is 6.17. The van der Waals surface area contributed by atoms with Crippen molar-refractivity contribution in [3.63, 3.8) is 0 Å². The molecule has 1 N–H and O–H groups in total. The van der Waals surface area contributed by atoms with Gasteiger partial charge in [0.25, 0.3) is 5.69 Å². The van der Waals surface area contributed by atoms with Crippen molar-refractivity contribution in [1.82, 2.24) is 0 Å². The van der Waals surface area contributed by atoms with Gasteiger partial charge in [-0.2, -0.15) is 0 Å². The van der Waals surface area contributed by atoms with E-state index in [1.165, 1.54) is 30.0 Å². The van der Waals surface area contributed by atoms with Gasteiger partial charge in [0.2, 0.25) is 0 Å². The second-order valence-corrected chi connectivity index (χ2v) is 5.54. The van der Waals surface area contributed by atoms with Gasteiger partial charge in [0.05, 0.1) is 15.4 Å². The van der Waals surface area contributed by atoms with Gasteiger partial charge in [0, 0.05) is 11.8 Å². The normalized spacial score (nSPS) is 10.3. The Kier molecular flexibility index (Phi) is 4.59. The maximum Gasteiger partial charge on any atom is 0.335 e. The minimum Gasteiger partial charge on any atom is -0.478 e. The summed E-state index contributed by atoms with van der Waals surface area (Å²) in [6.45, 7) is 1.97. The van der Waals surface area contributed by atoms with Gasteiger partial charge in [0.15, 0.2) is 0 Å². The van der Waals surface area contributed by atoms with Crippen molar-refractivity contribution in [2.75, 3.05) is 0 Å². The van der Waals surface area contributed by atoms with Crippen LogP contribution in [0.25, 0.3) is 0 Å². The molecule has 2 aromatic rings. The summed E-state index contributed by atoms with van der Waals surface area (Å²) < 4.78 is 0. The summed E-state index contributed by atoms with van der Waals surface area (Å²) in [6, 6.07) is 11.7. The van der Waals surface area contributed by atoms with Crippen molar-refractivity contribution in [2.45, 2.75) is 17.6 Å². The van der Waals surface area contributed by atoms with Gasteiger partial charge in [-0.25, -0.2) is 4.79 Å². The van der Waals surface area contributed by atoms with E-state index < -0.39 is 10.9 Å². The third-order valence-corrected chi connectivity index (χ3v) is 4.00. The molecule has 2 aromatic carbocycles. The van der Waals surface area contributed by atoms with E-state index in [-0.39, 0.29) is 11.3 Å². The molecule has 0 bridgehead atoms.